The van der Waals surface area contributed by atoms with Crippen LogP contribution < -0.4 is 5.32 Å². The molecule has 2 unspecified atom stereocenters. The van der Waals surface area contributed by atoms with Crippen molar-refractivity contribution in [1.29, 1.82) is 0 Å². The summed E-state index contributed by atoms with van der Waals surface area (Å²) < 4.78 is 1.79. The highest BCUT2D eigenvalue weighted by atomic mass is 16.2. The number of nitrogens with one attached hydrogen (secondary N) is 1. The Bertz CT molecular complexity index is 402. The monoisotopic (exact) mass is 220 g/mol. The largest absolute Gasteiger partial charge is 0.337 e. The second kappa shape index (κ2) is 3.59. The standard InChI is InChI=1S/C11H16N4O/c1-14-7-13-4-10(14)11(16)15-5-8-2-12-3-9(8)6-15/h4,7-9,12H,2-3,5-6H2,1H3. The third-order valence-electron chi connectivity index (χ3n) is 3.71. The Hall–Kier alpha value is -1.36. The molecule has 0 saturated carbocycles. The van der Waals surface area contributed by atoms with Gasteiger partial charge in [0.25, 0.3) is 5.91 Å². The minimum Gasteiger partial charge on any atom is -0.337 e. The third kappa shape index (κ3) is 1.43. The summed E-state index contributed by atoms with van der Waals surface area (Å²) in [4.78, 5) is 18.2. The molecule has 5 heteroatoms. The molecule has 2 saturated heterocycles. The van der Waals surface area contributed by atoms with Crippen LogP contribution in [0, 0.1) is 11.8 Å². The van der Waals surface area contributed by atoms with Crippen molar-refractivity contribution in [2.75, 3.05) is 26.2 Å². The van der Waals surface area contributed by atoms with Crippen LogP contribution in [0.2, 0.25) is 0 Å². The zero-order valence-corrected chi connectivity index (χ0v) is 9.39. The summed E-state index contributed by atoms with van der Waals surface area (Å²) in [5.74, 6) is 1.42. The van der Waals surface area contributed by atoms with Gasteiger partial charge in [0.15, 0.2) is 0 Å². The Morgan fingerprint density at radius 3 is 2.69 bits per heavy atom. The molecule has 0 radical (unpaired) electrons. The van der Waals surface area contributed by atoms with Gasteiger partial charge in [0.1, 0.15) is 5.69 Å². The number of fused-ring (bicyclic) bond motifs is 1. The first-order chi connectivity index (χ1) is 7.75. The van der Waals surface area contributed by atoms with Gasteiger partial charge < -0.3 is 14.8 Å². The van der Waals surface area contributed by atoms with Gasteiger partial charge >= 0.3 is 0 Å². The van der Waals surface area contributed by atoms with E-state index in [9.17, 15) is 4.79 Å². The fourth-order valence-electron chi connectivity index (χ4n) is 2.75. The lowest BCUT2D eigenvalue weighted by Gasteiger charge is -2.17. The lowest BCUT2D eigenvalue weighted by atomic mass is 10.0. The lowest BCUT2D eigenvalue weighted by Crippen LogP contribution is -2.32. The van der Waals surface area contributed by atoms with Crippen molar-refractivity contribution in [1.82, 2.24) is 19.8 Å². The topological polar surface area (TPSA) is 50.2 Å². The summed E-state index contributed by atoms with van der Waals surface area (Å²) in [7, 11) is 1.86. The van der Waals surface area contributed by atoms with Crippen LogP contribution in [0.1, 0.15) is 10.5 Å². The molecule has 2 aliphatic heterocycles. The van der Waals surface area contributed by atoms with E-state index in [0.29, 0.717) is 17.5 Å². The molecule has 2 aliphatic rings. The van der Waals surface area contributed by atoms with Gasteiger partial charge in [-0.25, -0.2) is 4.98 Å². The van der Waals surface area contributed by atoms with Crippen molar-refractivity contribution < 1.29 is 4.79 Å². The second-order valence-electron chi connectivity index (χ2n) is 4.78. The fraction of sp³-hybridized carbons (Fsp3) is 0.636. The molecule has 16 heavy (non-hydrogen) atoms. The van der Waals surface area contributed by atoms with Gasteiger partial charge in [-0.15, -0.1) is 0 Å². The van der Waals surface area contributed by atoms with Crippen LogP contribution in [0.15, 0.2) is 12.5 Å². The van der Waals surface area contributed by atoms with Crippen molar-refractivity contribution in [2.24, 2.45) is 18.9 Å². The maximum atomic E-state index is 12.2. The van der Waals surface area contributed by atoms with Gasteiger partial charge in [-0.3, -0.25) is 4.79 Å². The lowest BCUT2D eigenvalue weighted by molar-refractivity contribution is 0.0772. The maximum Gasteiger partial charge on any atom is 0.272 e. The summed E-state index contributed by atoms with van der Waals surface area (Å²) in [5, 5.41) is 3.37. The molecular weight excluding hydrogens is 204 g/mol. The number of likely N-dealkylation sites (tertiary alicyclic amines) is 1. The van der Waals surface area contributed by atoms with Gasteiger partial charge in [0.2, 0.25) is 0 Å². The second-order valence-corrected chi connectivity index (χ2v) is 4.78. The molecule has 1 amide bonds. The number of hydrogen-bond acceptors (Lipinski definition) is 3. The maximum absolute atomic E-state index is 12.2. The van der Waals surface area contributed by atoms with Crippen LogP contribution in [0.4, 0.5) is 0 Å². The Balaban J connectivity index is 1.75. The number of imidazole rings is 1. The van der Waals surface area contributed by atoms with Gasteiger partial charge in [0, 0.05) is 33.2 Å². The number of nitrogens with zero attached hydrogens (tertiary/aromatic N) is 3. The summed E-state index contributed by atoms with van der Waals surface area (Å²) in [5.41, 5.74) is 0.688. The number of aryl methyl sites for hydroxylation is 1. The number of aromatic nitrogens is 2. The molecule has 0 aromatic carbocycles. The average Bonchev–Trinajstić information content (AvgIpc) is 2.89. The average molecular weight is 220 g/mol. The van der Waals surface area contributed by atoms with Gasteiger partial charge in [-0.05, 0) is 11.8 Å². The fourth-order valence-corrected chi connectivity index (χ4v) is 2.75. The number of rotatable bonds is 1. The SMILES string of the molecule is Cn1cncc1C(=O)N1CC2CNCC2C1. The molecule has 5 nitrogen and oxygen atoms in total. The van der Waals surface area contributed by atoms with E-state index in [1.807, 2.05) is 11.9 Å². The quantitative estimate of drug-likeness (QED) is 0.707. The Morgan fingerprint density at radius 1 is 1.44 bits per heavy atom. The van der Waals surface area contributed by atoms with E-state index in [4.69, 9.17) is 0 Å². The molecule has 3 heterocycles. The van der Waals surface area contributed by atoms with Crippen LogP contribution in [-0.4, -0.2) is 46.5 Å². The molecule has 0 bridgehead atoms. The molecule has 3 rings (SSSR count). The first-order valence-electron chi connectivity index (χ1n) is 5.72. The van der Waals surface area contributed by atoms with Gasteiger partial charge in [-0.2, -0.15) is 0 Å². The Labute approximate surface area is 94.4 Å². The van der Waals surface area contributed by atoms with E-state index in [-0.39, 0.29) is 5.91 Å². The normalized spacial score (nSPS) is 28.4. The van der Waals surface area contributed by atoms with Gasteiger partial charge in [-0.1, -0.05) is 0 Å². The summed E-state index contributed by atoms with van der Waals surface area (Å²) in [6.45, 7) is 3.89. The summed E-state index contributed by atoms with van der Waals surface area (Å²) in [6, 6.07) is 0. The number of carbonyl (C=O) groups excluding carboxylic acids is 1. The molecule has 0 spiro atoms. The van der Waals surface area contributed by atoms with E-state index < -0.39 is 0 Å². The highest BCUT2D eigenvalue weighted by Gasteiger charge is 2.38. The number of amides is 1. The van der Waals surface area contributed by atoms with Crippen LogP contribution in [0.5, 0.6) is 0 Å². The van der Waals surface area contributed by atoms with E-state index in [0.717, 1.165) is 26.2 Å². The molecular formula is C11H16N4O. The van der Waals surface area contributed by atoms with Crippen molar-refractivity contribution >= 4 is 5.91 Å². The Morgan fingerprint density at radius 2 is 2.12 bits per heavy atom. The number of hydrogen-bond donors (Lipinski definition) is 1. The molecule has 2 atom stereocenters. The van der Waals surface area contributed by atoms with E-state index in [1.165, 1.54) is 0 Å². The molecule has 1 aromatic heterocycles. The van der Waals surface area contributed by atoms with Gasteiger partial charge in [0.05, 0.1) is 12.5 Å². The molecule has 2 fully saturated rings. The first kappa shape index (κ1) is 9.84. The highest BCUT2D eigenvalue weighted by molar-refractivity contribution is 5.92. The first-order valence-corrected chi connectivity index (χ1v) is 5.72. The molecule has 86 valence electrons. The minimum atomic E-state index is 0.120. The van der Waals surface area contributed by atoms with Crippen molar-refractivity contribution in [2.45, 2.75) is 0 Å². The minimum absolute atomic E-state index is 0.120. The summed E-state index contributed by atoms with van der Waals surface area (Å²) >= 11 is 0. The number of carbonyl (C=O) groups is 1. The van der Waals surface area contributed by atoms with Crippen molar-refractivity contribution in [3.63, 3.8) is 0 Å². The zero-order valence-electron chi connectivity index (χ0n) is 9.39. The van der Waals surface area contributed by atoms with Crippen molar-refractivity contribution in [3.8, 4) is 0 Å². The van der Waals surface area contributed by atoms with Crippen LogP contribution in [0.25, 0.3) is 0 Å². The van der Waals surface area contributed by atoms with Crippen LogP contribution >= 0.6 is 0 Å². The molecule has 1 N–H and O–H groups in total. The smallest absolute Gasteiger partial charge is 0.272 e. The highest BCUT2D eigenvalue weighted by Crippen LogP contribution is 2.27. The molecule has 0 aliphatic carbocycles. The van der Waals surface area contributed by atoms with E-state index >= 15 is 0 Å². The van der Waals surface area contributed by atoms with E-state index in [1.54, 1.807) is 17.1 Å². The van der Waals surface area contributed by atoms with E-state index in [2.05, 4.69) is 10.3 Å². The third-order valence-corrected chi connectivity index (χ3v) is 3.71. The zero-order chi connectivity index (χ0) is 11.1. The Kier molecular flexibility index (Phi) is 2.21. The predicted octanol–water partition coefficient (Wildman–Crippen LogP) is -0.289. The van der Waals surface area contributed by atoms with Crippen LogP contribution in [-0.2, 0) is 7.05 Å². The summed E-state index contributed by atoms with van der Waals surface area (Å²) in [6.07, 6.45) is 3.32. The van der Waals surface area contributed by atoms with Crippen molar-refractivity contribution in [3.05, 3.63) is 18.2 Å². The molecule has 1 aromatic rings. The van der Waals surface area contributed by atoms with Crippen LogP contribution in [0.3, 0.4) is 0 Å². The predicted molar refractivity (Wildman–Crippen MR) is 59.0 cm³/mol.